The van der Waals surface area contributed by atoms with E-state index in [1.807, 2.05) is 0 Å². The van der Waals surface area contributed by atoms with E-state index in [9.17, 15) is 13.2 Å². The lowest BCUT2D eigenvalue weighted by Gasteiger charge is -2.21. The Bertz CT molecular complexity index is 584. The highest BCUT2D eigenvalue weighted by molar-refractivity contribution is 9.10. The van der Waals surface area contributed by atoms with Gasteiger partial charge >= 0.3 is 0 Å². The Kier molecular flexibility index (Phi) is 4.46. The Balaban J connectivity index is 3.02. The van der Waals surface area contributed by atoms with Crippen molar-refractivity contribution in [1.82, 2.24) is 0 Å². The second kappa shape index (κ2) is 5.19. The van der Waals surface area contributed by atoms with Crippen LogP contribution in [0.4, 0.5) is 5.69 Å². The lowest BCUT2D eigenvalue weighted by Crippen LogP contribution is -2.43. The van der Waals surface area contributed by atoms with Gasteiger partial charge in [-0.2, -0.15) is 0 Å². The van der Waals surface area contributed by atoms with E-state index in [4.69, 9.17) is 11.6 Å². The molecule has 1 rings (SSSR count). The maximum absolute atomic E-state index is 12.0. The van der Waals surface area contributed by atoms with Crippen LogP contribution >= 0.6 is 27.5 Å². The molecule has 0 radical (unpaired) electrons. The lowest BCUT2D eigenvalue weighted by molar-refractivity contribution is -0.117. The van der Waals surface area contributed by atoms with Crippen LogP contribution in [0.1, 0.15) is 13.8 Å². The highest BCUT2D eigenvalue weighted by atomic mass is 79.9. The molecular weight excluding hydrogens is 342 g/mol. The topological polar surface area (TPSA) is 63.2 Å². The predicted molar refractivity (Wildman–Crippen MR) is 76.7 cm³/mol. The Morgan fingerprint density at radius 3 is 2.39 bits per heavy atom. The zero-order chi connectivity index (χ0) is 14.1. The van der Waals surface area contributed by atoms with Gasteiger partial charge < -0.3 is 5.32 Å². The summed E-state index contributed by atoms with van der Waals surface area (Å²) < 4.78 is 22.2. The van der Waals surface area contributed by atoms with Crippen LogP contribution in [0.3, 0.4) is 0 Å². The molecule has 0 bridgehead atoms. The smallest absolute Gasteiger partial charge is 0.245 e. The van der Waals surface area contributed by atoms with Crippen molar-refractivity contribution in [3.05, 3.63) is 27.7 Å². The number of hydrogen-bond donors (Lipinski definition) is 1. The Hall–Kier alpha value is -0.590. The summed E-state index contributed by atoms with van der Waals surface area (Å²) in [4.78, 5) is 12.0. The third kappa shape index (κ3) is 3.24. The molecule has 1 amide bonds. The molecule has 100 valence electrons. The van der Waals surface area contributed by atoms with E-state index < -0.39 is 20.5 Å². The normalized spacial score (nSPS) is 12.3. The zero-order valence-corrected chi connectivity index (χ0v) is 13.3. The molecule has 0 aliphatic rings. The molecular formula is C11H13BrClNO3S. The van der Waals surface area contributed by atoms with Crippen molar-refractivity contribution in [2.24, 2.45) is 0 Å². The molecule has 0 fully saturated rings. The Morgan fingerprint density at radius 1 is 1.39 bits per heavy atom. The zero-order valence-electron chi connectivity index (χ0n) is 10.1. The van der Waals surface area contributed by atoms with E-state index >= 15 is 0 Å². The van der Waals surface area contributed by atoms with Gasteiger partial charge in [-0.3, -0.25) is 4.79 Å². The van der Waals surface area contributed by atoms with Crippen LogP contribution in [0.15, 0.2) is 22.7 Å². The number of amides is 1. The van der Waals surface area contributed by atoms with Crippen LogP contribution in [0.2, 0.25) is 5.02 Å². The van der Waals surface area contributed by atoms with Gasteiger partial charge in [0, 0.05) is 15.8 Å². The molecule has 18 heavy (non-hydrogen) atoms. The number of nitrogens with one attached hydrogen (secondary N) is 1. The van der Waals surface area contributed by atoms with Gasteiger partial charge in [0.2, 0.25) is 5.91 Å². The van der Waals surface area contributed by atoms with Gasteiger partial charge in [-0.15, -0.1) is 0 Å². The first-order valence-corrected chi connectivity index (χ1v) is 8.08. The Morgan fingerprint density at radius 2 is 1.94 bits per heavy atom. The standard InChI is InChI=1S/C11H13BrClNO3S/c1-11(2,18(3,16)17)10(15)14-9-5-4-7(13)6-8(9)12/h4-6H,1-3H3,(H,14,15). The van der Waals surface area contributed by atoms with E-state index in [0.717, 1.165) is 6.26 Å². The van der Waals surface area contributed by atoms with Crippen molar-refractivity contribution < 1.29 is 13.2 Å². The van der Waals surface area contributed by atoms with Crippen LogP contribution in [0, 0.1) is 0 Å². The van der Waals surface area contributed by atoms with Gasteiger partial charge in [-0.05, 0) is 48.0 Å². The van der Waals surface area contributed by atoms with Crippen LogP contribution in [0.5, 0.6) is 0 Å². The van der Waals surface area contributed by atoms with Crippen molar-refractivity contribution >= 4 is 49.0 Å². The van der Waals surface area contributed by atoms with Crippen molar-refractivity contribution in [3.63, 3.8) is 0 Å². The number of carbonyl (C=O) groups is 1. The summed E-state index contributed by atoms with van der Waals surface area (Å²) in [5.41, 5.74) is 0.473. The highest BCUT2D eigenvalue weighted by Gasteiger charge is 2.38. The minimum atomic E-state index is -3.50. The minimum absolute atomic E-state index is 0.473. The number of carbonyl (C=O) groups excluding carboxylic acids is 1. The van der Waals surface area contributed by atoms with Crippen molar-refractivity contribution in [2.45, 2.75) is 18.6 Å². The predicted octanol–water partition coefficient (Wildman–Crippen LogP) is 2.86. The van der Waals surface area contributed by atoms with E-state index in [2.05, 4.69) is 21.2 Å². The van der Waals surface area contributed by atoms with E-state index in [1.54, 1.807) is 18.2 Å². The molecule has 0 spiro atoms. The number of rotatable bonds is 3. The van der Waals surface area contributed by atoms with Gasteiger partial charge in [0.1, 0.15) is 4.75 Å². The van der Waals surface area contributed by atoms with Crippen molar-refractivity contribution in [3.8, 4) is 0 Å². The van der Waals surface area contributed by atoms with Gasteiger partial charge in [0.25, 0.3) is 0 Å². The number of sulfone groups is 1. The third-order valence-electron chi connectivity index (χ3n) is 2.65. The van der Waals surface area contributed by atoms with E-state index in [-0.39, 0.29) is 0 Å². The highest BCUT2D eigenvalue weighted by Crippen LogP contribution is 2.27. The molecule has 0 heterocycles. The first kappa shape index (κ1) is 15.5. The van der Waals surface area contributed by atoms with Crippen molar-refractivity contribution in [1.29, 1.82) is 0 Å². The number of halogens is 2. The summed E-state index contributed by atoms with van der Waals surface area (Å²) in [7, 11) is -3.50. The lowest BCUT2D eigenvalue weighted by atomic mass is 10.2. The summed E-state index contributed by atoms with van der Waals surface area (Å²) in [6.45, 7) is 2.73. The minimum Gasteiger partial charge on any atom is -0.324 e. The van der Waals surface area contributed by atoms with Gasteiger partial charge in [0.05, 0.1) is 5.69 Å². The molecule has 0 saturated heterocycles. The fourth-order valence-corrected chi connectivity index (χ4v) is 2.20. The summed E-state index contributed by atoms with van der Waals surface area (Å²) in [5, 5.41) is 3.08. The van der Waals surface area contributed by atoms with Gasteiger partial charge in [0.15, 0.2) is 9.84 Å². The molecule has 1 aromatic carbocycles. The summed E-state index contributed by atoms with van der Waals surface area (Å²) in [6.07, 6.45) is 1.03. The molecule has 0 aromatic heterocycles. The average Bonchev–Trinajstić information content (AvgIpc) is 2.20. The molecule has 7 heteroatoms. The number of hydrogen-bond acceptors (Lipinski definition) is 3. The molecule has 0 saturated carbocycles. The molecule has 0 atom stereocenters. The summed E-state index contributed by atoms with van der Waals surface area (Å²) in [5.74, 6) is -0.590. The second-order valence-electron chi connectivity index (χ2n) is 4.36. The van der Waals surface area contributed by atoms with E-state index in [1.165, 1.54) is 13.8 Å². The summed E-state index contributed by atoms with van der Waals surface area (Å²) >= 11 is 9.02. The van der Waals surface area contributed by atoms with Crippen LogP contribution < -0.4 is 5.32 Å². The van der Waals surface area contributed by atoms with Crippen LogP contribution in [-0.2, 0) is 14.6 Å². The average molecular weight is 355 g/mol. The molecule has 1 N–H and O–H groups in total. The van der Waals surface area contributed by atoms with Crippen LogP contribution in [0.25, 0.3) is 0 Å². The quantitative estimate of drug-likeness (QED) is 0.908. The van der Waals surface area contributed by atoms with Crippen molar-refractivity contribution in [2.75, 3.05) is 11.6 Å². The van der Waals surface area contributed by atoms with Gasteiger partial charge in [-0.1, -0.05) is 11.6 Å². The number of anilines is 1. The Labute approximate surface area is 120 Å². The molecule has 0 aliphatic heterocycles. The first-order valence-electron chi connectivity index (χ1n) is 5.02. The molecule has 0 unspecified atom stereocenters. The molecule has 0 aliphatic carbocycles. The second-order valence-corrected chi connectivity index (χ2v) is 8.22. The maximum Gasteiger partial charge on any atom is 0.245 e. The van der Waals surface area contributed by atoms with E-state index in [0.29, 0.717) is 15.2 Å². The summed E-state index contributed by atoms with van der Waals surface area (Å²) in [6, 6.07) is 4.82. The number of benzene rings is 1. The fourth-order valence-electron chi connectivity index (χ4n) is 1.03. The maximum atomic E-state index is 12.0. The first-order chi connectivity index (χ1) is 8.05. The molecule has 1 aromatic rings. The fraction of sp³-hybridized carbons (Fsp3) is 0.364. The monoisotopic (exact) mass is 353 g/mol. The van der Waals surface area contributed by atoms with Gasteiger partial charge in [-0.25, -0.2) is 8.42 Å². The largest absolute Gasteiger partial charge is 0.324 e. The third-order valence-corrected chi connectivity index (χ3v) is 5.58. The SMILES string of the molecule is CC(C)(C(=O)Nc1ccc(Cl)cc1Br)S(C)(=O)=O. The molecule has 4 nitrogen and oxygen atoms in total. The van der Waals surface area contributed by atoms with Crippen LogP contribution in [-0.4, -0.2) is 25.3 Å².